The number of hydrogen-bond acceptors (Lipinski definition) is 6. The summed E-state index contributed by atoms with van der Waals surface area (Å²) in [5.41, 5.74) is 1.72. The van der Waals surface area contributed by atoms with Gasteiger partial charge in [0.2, 0.25) is 0 Å². The van der Waals surface area contributed by atoms with E-state index in [4.69, 9.17) is 16.6 Å². The monoisotopic (exact) mass is 461 g/mol. The van der Waals surface area contributed by atoms with Gasteiger partial charge in [-0.3, -0.25) is 4.79 Å². The third-order valence-corrected chi connectivity index (χ3v) is 6.66. The summed E-state index contributed by atoms with van der Waals surface area (Å²) in [7, 11) is 6.07. The third-order valence-electron chi connectivity index (χ3n) is 5.55. The molecule has 1 amide bonds. The van der Waals surface area contributed by atoms with Crippen molar-refractivity contribution in [2.75, 3.05) is 39.1 Å². The molecule has 3 rings (SSSR count). The van der Waals surface area contributed by atoms with Crippen LogP contribution in [0.1, 0.15) is 48.0 Å². The van der Waals surface area contributed by atoms with E-state index in [-0.39, 0.29) is 5.91 Å². The number of likely N-dealkylation sites (N-methyl/N-ethyl adjacent to an activating group) is 1. The summed E-state index contributed by atoms with van der Waals surface area (Å²) in [4.78, 5) is 25.8. The molecule has 1 aromatic heterocycles. The summed E-state index contributed by atoms with van der Waals surface area (Å²) >= 11 is 7.84. The molecule has 1 fully saturated rings. The lowest BCUT2D eigenvalue weighted by atomic mass is 9.94. The minimum Gasteiger partial charge on any atom is -0.357 e. The molecule has 1 aliphatic rings. The number of rotatable bonds is 9. The number of aromatic nitrogens is 2. The standard InChI is InChI=1S/C23H32ClN5OS/c1-28(2)13-12-25-22(30)18-9-7-8-17(14-18)16-31-23-26-20(24)15-21(27-23)29(3)19-10-5-4-6-11-19/h7-9,14-15,19H,4-6,10-13,16H2,1-3H3,(H,25,30). The van der Waals surface area contributed by atoms with Gasteiger partial charge in [-0.25, -0.2) is 9.97 Å². The van der Waals surface area contributed by atoms with Crippen LogP contribution in [-0.4, -0.2) is 61.0 Å². The molecule has 0 bridgehead atoms. The Balaban J connectivity index is 1.62. The number of benzene rings is 1. The van der Waals surface area contributed by atoms with E-state index >= 15 is 0 Å². The topological polar surface area (TPSA) is 61.4 Å². The molecule has 1 aromatic carbocycles. The fourth-order valence-corrected chi connectivity index (χ4v) is 4.76. The highest BCUT2D eigenvalue weighted by Gasteiger charge is 2.20. The zero-order valence-corrected chi connectivity index (χ0v) is 20.2. The fraction of sp³-hybridized carbons (Fsp3) is 0.522. The number of nitrogens with zero attached hydrogens (tertiary/aromatic N) is 4. The molecular formula is C23H32ClN5OS. The van der Waals surface area contributed by atoms with Gasteiger partial charge < -0.3 is 15.1 Å². The van der Waals surface area contributed by atoms with Crippen molar-refractivity contribution in [3.8, 4) is 0 Å². The number of carbonyl (C=O) groups is 1. The van der Waals surface area contributed by atoms with Crippen LogP contribution < -0.4 is 10.2 Å². The predicted molar refractivity (Wildman–Crippen MR) is 129 cm³/mol. The van der Waals surface area contributed by atoms with Gasteiger partial charge in [-0.1, -0.05) is 54.8 Å². The van der Waals surface area contributed by atoms with Crippen LogP contribution in [0.25, 0.3) is 0 Å². The van der Waals surface area contributed by atoms with Gasteiger partial charge in [-0.15, -0.1) is 0 Å². The zero-order chi connectivity index (χ0) is 22.2. The summed E-state index contributed by atoms with van der Waals surface area (Å²) in [5, 5.41) is 4.08. The molecule has 8 heteroatoms. The smallest absolute Gasteiger partial charge is 0.251 e. The Morgan fingerprint density at radius 1 is 1.16 bits per heavy atom. The molecule has 1 aliphatic carbocycles. The first-order valence-corrected chi connectivity index (χ1v) is 12.2. The molecule has 0 radical (unpaired) electrons. The van der Waals surface area contributed by atoms with Gasteiger partial charge in [0.15, 0.2) is 5.16 Å². The molecule has 0 aliphatic heterocycles. The first-order valence-electron chi connectivity index (χ1n) is 10.8. The number of thioether (sulfide) groups is 1. The van der Waals surface area contributed by atoms with Crippen molar-refractivity contribution in [1.82, 2.24) is 20.2 Å². The highest BCUT2D eigenvalue weighted by atomic mass is 35.5. The Bertz CT molecular complexity index is 873. The van der Waals surface area contributed by atoms with E-state index in [0.29, 0.717) is 34.2 Å². The first-order chi connectivity index (χ1) is 14.9. The van der Waals surface area contributed by atoms with Crippen molar-refractivity contribution in [1.29, 1.82) is 0 Å². The normalized spacial score (nSPS) is 14.6. The number of amides is 1. The van der Waals surface area contributed by atoms with Crippen LogP contribution in [0, 0.1) is 0 Å². The molecule has 168 valence electrons. The molecule has 0 spiro atoms. The molecule has 0 atom stereocenters. The maximum Gasteiger partial charge on any atom is 0.251 e. The van der Waals surface area contributed by atoms with Gasteiger partial charge >= 0.3 is 0 Å². The minimum absolute atomic E-state index is 0.0518. The Morgan fingerprint density at radius 3 is 2.68 bits per heavy atom. The molecule has 31 heavy (non-hydrogen) atoms. The Labute approximate surface area is 194 Å². The quantitative estimate of drug-likeness (QED) is 0.337. The molecule has 2 aromatic rings. The summed E-state index contributed by atoms with van der Waals surface area (Å²) in [6, 6.07) is 10.1. The minimum atomic E-state index is -0.0518. The van der Waals surface area contributed by atoms with E-state index in [1.54, 1.807) is 0 Å². The lowest BCUT2D eigenvalue weighted by Gasteiger charge is -2.32. The van der Waals surface area contributed by atoms with Crippen LogP contribution in [0.5, 0.6) is 0 Å². The lowest BCUT2D eigenvalue weighted by Crippen LogP contribution is -2.34. The van der Waals surface area contributed by atoms with Crippen LogP contribution in [0.2, 0.25) is 5.15 Å². The number of anilines is 1. The second kappa shape index (κ2) is 11.7. The van der Waals surface area contributed by atoms with Crippen LogP contribution in [0.4, 0.5) is 5.82 Å². The molecule has 1 heterocycles. The molecule has 0 saturated heterocycles. The van der Waals surface area contributed by atoms with Crippen molar-refractivity contribution in [3.63, 3.8) is 0 Å². The zero-order valence-electron chi connectivity index (χ0n) is 18.6. The second-order valence-electron chi connectivity index (χ2n) is 8.28. The van der Waals surface area contributed by atoms with E-state index in [9.17, 15) is 4.79 Å². The largest absolute Gasteiger partial charge is 0.357 e. The third kappa shape index (κ3) is 7.37. The van der Waals surface area contributed by atoms with Crippen molar-refractivity contribution >= 4 is 35.1 Å². The van der Waals surface area contributed by atoms with E-state index in [2.05, 4.69) is 22.2 Å². The van der Waals surface area contributed by atoms with Gasteiger partial charge in [0, 0.05) is 43.6 Å². The summed E-state index contributed by atoms with van der Waals surface area (Å²) in [5.74, 6) is 1.50. The van der Waals surface area contributed by atoms with E-state index < -0.39 is 0 Å². The van der Waals surface area contributed by atoms with Crippen LogP contribution >= 0.6 is 23.4 Å². The van der Waals surface area contributed by atoms with E-state index in [0.717, 1.165) is 17.9 Å². The highest BCUT2D eigenvalue weighted by molar-refractivity contribution is 7.98. The van der Waals surface area contributed by atoms with Crippen molar-refractivity contribution < 1.29 is 4.79 Å². The van der Waals surface area contributed by atoms with Crippen molar-refractivity contribution in [3.05, 3.63) is 46.6 Å². The van der Waals surface area contributed by atoms with Gasteiger partial charge in [-0.2, -0.15) is 0 Å². The molecule has 1 N–H and O–H groups in total. The fourth-order valence-electron chi connectivity index (χ4n) is 3.73. The van der Waals surface area contributed by atoms with Gasteiger partial charge in [0.05, 0.1) is 0 Å². The average molecular weight is 462 g/mol. The van der Waals surface area contributed by atoms with Gasteiger partial charge in [0.25, 0.3) is 5.91 Å². The summed E-state index contributed by atoms with van der Waals surface area (Å²) in [6.45, 7) is 1.43. The Kier molecular flexibility index (Phi) is 8.99. The van der Waals surface area contributed by atoms with Gasteiger partial charge in [0.1, 0.15) is 11.0 Å². The van der Waals surface area contributed by atoms with E-state index in [1.165, 1.54) is 43.9 Å². The van der Waals surface area contributed by atoms with Crippen molar-refractivity contribution in [2.24, 2.45) is 0 Å². The maximum absolute atomic E-state index is 12.4. The first kappa shape index (κ1) is 23.8. The molecular weight excluding hydrogens is 430 g/mol. The van der Waals surface area contributed by atoms with Crippen molar-refractivity contribution in [2.45, 2.75) is 49.1 Å². The lowest BCUT2D eigenvalue weighted by molar-refractivity contribution is 0.0951. The number of carbonyl (C=O) groups excluding carboxylic acids is 1. The van der Waals surface area contributed by atoms with Gasteiger partial charge in [-0.05, 0) is 44.6 Å². The predicted octanol–water partition coefficient (Wildman–Crippen LogP) is 4.48. The summed E-state index contributed by atoms with van der Waals surface area (Å²) in [6.07, 6.45) is 6.26. The summed E-state index contributed by atoms with van der Waals surface area (Å²) < 4.78 is 0. The number of nitrogens with one attached hydrogen (secondary N) is 1. The Morgan fingerprint density at radius 2 is 1.94 bits per heavy atom. The average Bonchev–Trinajstić information content (AvgIpc) is 2.77. The molecule has 6 nitrogen and oxygen atoms in total. The number of halogens is 1. The van der Waals surface area contributed by atoms with Crippen LogP contribution in [0.15, 0.2) is 35.5 Å². The van der Waals surface area contributed by atoms with Crippen LogP contribution in [-0.2, 0) is 5.75 Å². The Hall–Kier alpha value is -1.83. The second-order valence-corrected chi connectivity index (χ2v) is 9.61. The maximum atomic E-state index is 12.4. The molecule has 0 unspecified atom stereocenters. The number of hydrogen-bond donors (Lipinski definition) is 1. The van der Waals surface area contributed by atoms with Crippen LogP contribution in [0.3, 0.4) is 0 Å². The highest BCUT2D eigenvalue weighted by Crippen LogP contribution is 2.28. The molecule has 1 saturated carbocycles. The SMILES string of the molecule is CN(C)CCNC(=O)c1cccc(CSc2nc(Cl)cc(N(C)C3CCCCC3)n2)c1. The van der Waals surface area contributed by atoms with E-state index in [1.807, 2.05) is 49.3 Å².